The van der Waals surface area contributed by atoms with Crippen LogP contribution in [0.25, 0.3) is 18.1 Å². The second-order valence-electron chi connectivity index (χ2n) is 1.70. The van der Waals surface area contributed by atoms with Gasteiger partial charge in [0.25, 0.3) is 0 Å². The molecule has 0 aliphatic rings. The van der Waals surface area contributed by atoms with Gasteiger partial charge in [-0.2, -0.15) is 11.3 Å². The number of hydrogen-bond acceptors (Lipinski definition) is 1. The van der Waals surface area contributed by atoms with Gasteiger partial charge in [0.1, 0.15) is 0 Å². The van der Waals surface area contributed by atoms with Crippen molar-refractivity contribution in [3.8, 4) is 0 Å². The normalized spacial score (nSPS) is 10.7. The number of H-pyrrole nitrogens is 1. The minimum atomic E-state index is 0. The molecule has 1 aromatic heterocycles. The van der Waals surface area contributed by atoms with E-state index in [0.29, 0.717) is 0 Å². The van der Waals surface area contributed by atoms with Gasteiger partial charge in [0, 0.05) is 10.6 Å². The number of nitrogens with zero attached hydrogens (tertiary/aromatic N) is 2. The molecule has 0 aliphatic heterocycles. The van der Waals surface area contributed by atoms with E-state index in [9.17, 15) is 0 Å². The fourth-order valence-electron chi connectivity index (χ4n) is 0.562. The molecule has 0 atom stereocenters. The first-order chi connectivity index (χ1) is 4.34. The van der Waals surface area contributed by atoms with E-state index in [1.807, 2.05) is 0 Å². The summed E-state index contributed by atoms with van der Waals surface area (Å²) in [6.07, 6.45) is 3.35. The first-order valence-corrected chi connectivity index (χ1v) is 2.62. The summed E-state index contributed by atoms with van der Waals surface area (Å²) in [6.45, 7) is 3.71. The molecule has 0 aliphatic carbocycles. The Balaban J connectivity index is 0.000000810. The summed E-state index contributed by atoms with van der Waals surface area (Å²) in [6, 6.07) is 0. The third kappa shape index (κ3) is 2.55. The van der Waals surface area contributed by atoms with Gasteiger partial charge in [-0.1, -0.05) is 6.58 Å². The van der Waals surface area contributed by atoms with Crippen LogP contribution >= 0.6 is 0 Å². The maximum Gasteiger partial charge on any atom is 1.00 e. The third-order valence-electron chi connectivity index (χ3n) is 1.01. The summed E-state index contributed by atoms with van der Waals surface area (Å²) in [5.41, 5.74) is 0. The monoisotopic (exact) mass is 161 g/mol. The summed E-state index contributed by atoms with van der Waals surface area (Å²) in [5.74, 6) is 0. The fraction of sp³-hybridized carbons (Fsp3) is 0.167. The van der Waals surface area contributed by atoms with Crippen LogP contribution in [-0.2, 0) is 0 Å². The van der Waals surface area contributed by atoms with Gasteiger partial charge in [0.2, 0.25) is 0 Å². The molecule has 3 nitrogen and oxygen atoms in total. The van der Waals surface area contributed by atoms with Crippen molar-refractivity contribution >= 4 is 12.8 Å². The van der Waals surface area contributed by atoms with Gasteiger partial charge in [-0.15, -0.1) is 7.05 Å². The van der Waals surface area contributed by atoms with Crippen molar-refractivity contribution in [2.45, 2.75) is 0 Å². The largest absolute Gasteiger partial charge is 1.00 e. The molecule has 0 spiro atoms. The van der Waals surface area contributed by atoms with Crippen LogP contribution < -0.4 is 62.0 Å². The first kappa shape index (κ1) is 10.4. The van der Waals surface area contributed by atoms with Gasteiger partial charge in [-0.25, -0.2) is 0 Å². The molecule has 0 radical (unpaired) electrons. The molecule has 48 valence electrons. The van der Waals surface area contributed by atoms with Crippen molar-refractivity contribution in [2.75, 3.05) is 7.05 Å². The number of aromatic nitrogens is 2. The van der Waals surface area contributed by atoms with Crippen LogP contribution in [0.3, 0.4) is 0 Å². The van der Waals surface area contributed by atoms with Crippen molar-refractivity contribution in [3.05, 3.63) is 22.1 Å². The van der Waals surface area contributed by atoms with E-state index in [1.165, 1.54) is 0 Å². The van der Waals surface area contributed by atoms with E-state index in [1.54, 1.807) is 19.4 Å². The van der Waals surface area contributed by atoms with Gasteiger partial charge in [-0.05, 0) is 0 Å². The Hall–Kier alpha value is 0.386. The Bertz CT molecular complexity index is 277. The van der Waals surface area contributed by atoms with Crippen LogP contribution in [0.4, 0.5) is 0 Å². The molecule has 1 aromatic rings. The number of aromatic amines is 1. The van der Waals surface area contributed by atoms with Crippen molar-refractivity contribution < 1.29 is 51.4 Å². The minimum absolute atomic E-state index is 0. The second-order valence-corrected chi connectivity index (χ2v) is 1.70. The SMILES string of the molecule is C=c1cn[nH]/c1=C/[N-]C.[K+]. The van der Waals surface area contributed by atoms with Gasteiger partial charge in [0.15, 0.2) is 0 Å². The molecule has 0 bridgehead atoms. The Morgan fingerprint density at radius 3 is 2.90 bits per heavy atom. The zero-order chi connectivity index (χ0) is 6.69. The quantitative estimate of drug-likeness (QED) is 0.428. The summed E-state index contributed by atoms with van der Waals surface area (Å²) in [7, 11) is 1.71. The molecule has 0 saturated heterocycles. The van der Waals surface area contributed by atoms with Crippen LogP contribution in [0.2, 0.25) is 0 Å². The molecule has 1 rings (SSSR count). The Labute approximate surface area is 102 Å². The van der Waals surface area contributed by atoms with Crippen LogP contribution in [0.1, 0.15) is 0 Å². The fourth-order valence-corrected chi connectivity index (χ4v) is 0.562. The molecular formula is C6H8KN3. The van der Waals surface area contributed by atoms with Gasteiger partial charge in [-0.3, -0.25) is 5.10 Å². The number of hydrogen-bond donors (Lipinski definition) is 1. The Kier molecular flexibility index (Phi) is 5.29. The molecule has 0 fully saturated rings. The molecule has 0 amide bonds. The maximum absolute atomic E-state index is 3.80. The molecular weight excluding hydrogens is 153 g/mol. The average Bonchev–Trinajstić information content (AvgIpc) is 2.18. The van der Waals surface area contributed by atoms with E-state index < -0.39 is 0 Å². The van der Waals surface area contributed by atoms with Crippen molar-refractivity contribution in [1.82, 2.24) is 10.2 Å². The zero-order valence-corrected chi connectivity index (χ0v) is 9.38. The minimum Gasteiger partial charge on any atom is -0.691 e. The maximum atomic E-state index is 3.80. The molecule has 0 unspecified atom stereocenters. The van der Waals surface area contributed by atoms with Crippen molar-refractivity contribution in [2.24, 2.45) is 0 Å². The van der Waals surface area contributed by atoms with E-state index in [-0.39, 0.29) is 51.4 Å². The summed E-state index contributed by atoms with van der Waals surface area (Å²) in [5, 5.41) is 12.1. The predicted molar refractivity (Wildman–Crippen MR) is 37.1 cm³/mol. The van der Waals surface area contributed by atoms with Crippen molar-refractivity contribution in [3.63, 3.8) is 0 Å². The van der Waals surface area contributed by atoms with Crippen LogP contribution in [0, 0.1) is 0 Å². The predicted octanol–water partition coefficient (Wildman–Crippen LogP) is -3.43. The topological polar surface area (TPSA) is 42.8 Å². The van der Waals surface area contributed by atoms with Crippen LogP contribution in [0.5, 0.6) is 0 Å². The smallest absolute Gasteiger partial charge is 0.691 e. The molecule has 4 heteroatoms. The Morgan fingerprint density at radius 1 is 1.80 bits per heavy atom. The third-order valence-corrected chi connectivity index (χ3v) is 1.01. The van der Waals surface area contributed by atoms with Crippen LogP contribution in [-0.4, -0.2) is 17.2 Å². The average molecular weight is 161 g/mol. The molecule has 10 heavy (non-hydrogen) atoms. The van der Waals surface area contributed by atoms with E-state index >= 15 is 0 Å². The summed E-state index contributed by atoms with van der Waals surface area (Å²) >= 11 is 0. The molecule has 1 heterocycles. The van der Waals surface area contributed by atoms with E-state index in [2.05, 4.69) is 22.1 Å². The summed E-state index contributed by atoms with van der Waals surface area (Å²) < 4.78 is 0. The van der Waals surface area contributed by atoms with Crippen molar-refractivity contribution in [1.29, 1.82) is 0 Å². The van der Waals surface area contributed by atoms with Gasteiger partial charge < -0.3 is 5.32 Å². The summed E-state index contributed by atoms with van der Waals surface area (Å²) in [4.78, 5) is 0. The molecule has 0 saturated carbocycles. The molecule has 1 N–H and O–H groups in total. The number of rotatable bonds is 1. The first-order valence-electron chi connectivity index (χ1n) is 2.62. The second kappa shape index (κ2) is 5.09. The van der Waals surface area contributed by atoms with Crippen LogP contribution in [0.15, 0.2) is 6.20 Å². The zero-order valence-electron chi connectivity index (χ0n) is 6.26. The van der Waals surface area contributed by atoms with Gasteiger partial charge >= 0.3 is 51.4 Å². The molecule has 0 aromatic carbocycles. The van der Waals surface area contributed by atoms with E-state index in [0.717, 1.165) is 10.6 Å². The van der Waals surface area contributed by atoms with Gasteiger partial charge in [0.05, 0.1) is 6.20 Å². The Morgan fingerprint density at radius 2 is 2.50 bits per heavy atom. The van der Waals surface area contributed by atoms with E-state index in [4.69, 9.17) is 0 Å². The number of nitrogens with one attached hydrogen (secondary N) is 1. The standard InChI is InChI=1S/C6H8N3.K/c1-5-3-8-9-6(5)4-7-2;/h3-4,9H,1H2,2H3;/q-1;+1/b6-4+;.